The van der Waals surface area contributed by atoms with Crippen LogP contribution in [0.3, 0.4) is 0 Å². The topological polar surface area (TPSA) is 41.6 Å². The monoisotopic (exact) mass is 254 g/mol. The molecule has 0 atom stereocenters. The Morgan fingerprint density at radius 1 is 1.39 bits per heavy atom. The lowest BCUT2D eigenvalue weighted by Gasteiger charge is -2.34. The Balaban J connectivity index is 1.69. The minimum absolute atomic E-state index is 0.260. The van der Waals surface area contributed by atoms with Gasteiger partial charge >= 0.3 is 0 Å². The molecule has 1 amide bonds. The number of amides is 1. The van der Waals surface area contributed by atoms with Crippen molar-refractivity contribution in [3.8, 4) is 0 Å². The third-order valence-corrected chi connectivity index (χ3v) is 4.18. The Morgan fingerprint density at radius 2 is 2.06 bits per heavy atom. The van der Waals surface area contributed by atoms with Gasteiger partial charge in [0.05, 0.1) is 6.54 Å². The predicted octanol–water partition coefficient (Wildman–Crippen LogP) is 1.40. The van der Waals surface area contributed by atoms with E-state index < -0.39 is 0 Å². The largest absolute Gasteiger partial charge is 0.381 e. The SMILES string of the molecule is CCN(C(=O)CNCC1(C)CCOCC1)C1CC1. The molecule has 0 radical (unpaired) electrons. The van der Waals surface area contributed by atoms with Gasteiger partial charge in [-0.05, 0) is 38.0 Å². The van der Waals surface area contributed by atoms with Crippen LogP contribution in [0.2, 0.25) is 0 Å². The van der Waals surface area contributed by atoms with E-state index in [1.807, 2.05) is 4.90 Å². The predicted molar refractivity (Wildman–Crippen MR) is 71.4 cm³/mol. The van der Waals surface area contributed by atoms with E-state index >= 15 is 0 Å². The van der Waals surface area contributed by atoms with Crippen LogP contribution in [-0.4, -0.2) is 49.7 Å². The first-order valence-electron chi connectivity index (χ1n) is 7.22. The van der Waals surface area contributed by atoms with Crippen LogP contribution in [0.5, 0.6) is 0 Å². The van der Waals surface area contributed by atoms with Crippen molar-refractivity contribution in [2.24, 2.45) is 5.41 Å². The number of carbonyl (C=O) groups excluding carboxylic acids is 1. The van der Waals surface area contributed by atoms with Gasteiger partial charge in [0, 0.05) is 32.3 Å². The number of carbonyl (C=O) groups is 1. The molecule has 1 N–H and O–H groups in total. The zero-order valence-corrected chi connectivity index (χ0v) is 11.7. The zero-order valence-electron chi connectivity index (χ0n) is 11.7. The van der Waals surface area contributed by atoms with Crippen molar-refractivity contribution in [1.82, 2.24) is 10.2 Å². The number of nitrogens with one attached hydrogen (secondary N) is 1. The third-order valence-electron chi connectivity index (χ3n) is 4.18. The summed E-state index contributed by atoms with van der Waals surface area (Å²) in [5.41, 5.74) is 0.301. The Morgan fingerprint density at radius 3 is 2.61 bits per heavy atom. The number of rotatable bonds is 6. The fourth-order valence-electron chi connectivity index (χ4n) is 2.64. The maximum absolute atomic E-state index is 12.0. The molecule has 1 saturated carbocycles. The number of nitrogens with zero attached hydrogens (tertiary/aromatic N) is 1. The Hall–Kier alpha value is -0.610. The third kappa shape index (κ3) is 3.69. The van der Waals surface area contributed by atoms with Crippen LogP contribution in [0.15, 0.2) is 0 Å². The summed E-state index contributed by atoms with van der Waals surface area (Å²) in [6, 6.07) is 0.531. The summed E-state index contributed by atoms with van der Waals surface area (Å²) in [6.07, 6.45) is 4.56. The van der Waals surface area contributed by atoms with Gasteiger partial charge in [0.2, 0.25) is 5.91 Å². The summed E-state index contributed by atoms with van der Waals surface area (Å²) in [7, 11) is 0. The van der Waals surface area contributed by atoms with E-state index in [9.17, 15) is 4.79 Å². The minimum Gasteiger partial charge on any atom is -0.381 e. The second kappa shape index (κ2) is 6.02. The standard InChI is InChI=1S/C14H26N2O2/c1-3-16(12-4-5-12)13(17)10-15-11-14(2)6-8-18-9-7-14/h12,15H,3-11H2,1-2H3. The number of hydrogen-bond donors (Lipinski definition) is 1. The van der Waals surface area contributed by atoms with Gasteiger partial charge in [-0.25, -0.2) is 0 Å². The molecule has 4 heteroatoms. The fourth-order valence-corrected chi connectivity index (χ4v) is 2.64. The van der Waals surface area contributed by atoms with E-state index in [0.29, 0.717) is 18.0 Å². The van der Waals surface area contributed by atoms with Crippen LogP contribution in [-0.2, 0) is 9.53 Å². The molecule has 2 aliphatic rings. The molecular weight excluding hydrogens is 228 g/mol. The van der Waals surface area contributed by atoms with Gasteiger partial charge in [-0.15, -0.1) is 0 Å². The van der Waals surface area contributed by atoms with Crippen molar-refractivity contribution in [2.45, 2.75) is 45.6 Å². The van der Waals surface area contributed by atoms with E-state index in [0.717, 1.165) is 39.1 Å². The average Bonchev–Trinajstić information content (AvgIpc) is 3.15. The summed E-state index contributed by atoms with van der Waals surface area (Å²) in [4.78, 5) is 14.1. The summed E-state index contributed by atoms with van der Waals surface area (Å²) in [5, 5.41) is 3.35. The Bertz CT molecular complexity index is 284. The summed E-state index contributed by atoms with van der Waals surface area (Å²) < 4.78 is 5.38. The molecule has 1 aliphatic carbocycles. The second-order valence-electron chi connectivity index (χ2n) is 5.94. The van der Waals surface area contributed by atoms with E-state index in [2.05, 4.69) is 19.2 Å². The molecule has 0 bridgehead atoms. The molecule has 4 nitrogen and oxygen atoms in total. The first-order chi connectivity index (χ1) is 8.64. The van der Waals surface area contributed by atoms with Crippen LogP contribution in [0.25, 0.3) is 0 Å². The fraction of sp³-hybridized carbons (Fsp3) is 0.929. The molecule has 0 unspecified atom stereocenters. The smallest absolute Gasteiger partial charge is 0.236 e. The van der Waals surface area contributed by atoms with Crippen LogP contribution in [0.1, 0.15) is 39.5 Å². The van der Waals surface area contributed by atoms with Crippen LogP contribution < -0.4 is 5.32 Å². The van der Waals surface area contributed by atoms with Gasteiger partial charge in [0.25, 0.3) is 0 Å². The first kappa shape index (κ1) is 13.8. The van der Waals surface area contributed by atoms with E-state index in [4.69, 9.17) is 4.74 Å². The number of likely N-dealkylation sites (N-methyl/N-ethyl adjacent to an activating group) is 1. The highest BCUT2D eigenvalue weighted by Crippen LogP contribution is 2.29. The summed E-state index contributed by atoms with van der Waals surface area (Å²) >= 11 is 0. The van der Waals surface area contributed by atoms with Gasteiger partial charge in [-0.1, -0.05) is 6.92 Å². The van der Waals surface area contributed by atoms with E-state index in [-0.39, 0.29) is 5.91 Å². The van der Waals surface area contributed by atoms with E-state index in [1.54, 1.807) is 0 Å². The Labute approximate surface area is 110 Å². The quantitative estimate of drug-likeness (QED) is 0.779. The van der Waals surface area contributed by atoms with Crippen LogP contribution in [0, 0.1) is 5.41 Å². The second-order valence-corrected chi connectivity index (χ2v) is 5.94. The molecule has 1 aliphatic heterocycles. The van der Waals surface area contributed by atoms with Gasteiger partial charge in [-0.3, -0.25) is 4.79 Å². The van der Waals surface area contributed by atoms with Gasteiger partial charge < -0.3 is 15.0 Å². The molecule has 104 valence electrons. The lowest BCUT2D eigenvalue weighted by Crippen LogP contribution is -2.43. The molecule has 1 saturated heterocycles. The molecule has 18 heavy (non-hydrogen) atoms. The molecule has 0 spiro atoms. The maximum atomic E-state index is 12.0. The normalized spacial score (nSPS) is 22.8. The van der Waals surface area contributed by atoms with Crippen molar-refractivity contribution < 1.29 is 9.53 Å². The molecular formula is C14H26N2O2. The Kier molecular flexibility index (Phi) is 4.62. The lowest BCUT2D eigenvalue weighted by atomic mass is 9.82. The van der Waals surface area contributed by atoms with Crippen molar-refractivity contribution in [2.75, 3.05) is 32.8 Å². The number of ether oxygens (including phenoxy) is 1. The van der Waals surface area contributed by atoms with Gasteiger partial charge in [-0.2, -0.15) is 0 Å². The number of hydrogen-bond acceptors (Lipinski definition) is 3. The molecule has 2 fully saturated rings. The van der Waals surface area contributed by atoms with Crippen molar-refractivity contribution >= 4 is 5.91 Å². The highest BCUT2D eigenvalue weighted by Gasteiger charge is 2.31. The van der Waals surface area contributed by atoms with Crippen molar-refractivity contribution in [1.29, 1.82) is 0 Å². The van der Waals surface area contributed by atoms with Crippen LogP contribution in [0.4, 0.5) is 0 Å². The molecule has 1 heterocycles. The lowest BCUT2D eigenvalue weighted by molar-refractivity contribution is -0.130. The molecule has 0 aromatic heterocycles. The van der Waals surface area contributed by atoms with Gasteiger partial charge in [0.15, 0.2) is 0 Å². The first-order valence-corrected chi connectivity index (χ1v) is 7.22. The van der Waals surface area contributed by atoms with Crippen LogP contribution >= 0.6 is 0 Å². The molecule has 0 aromatic rings. The van der Waals surface area contributed by atoms with E-state index in [1.165, 1.54) is 12.8 Å². The van der Waals surface area contributed by atoms with Crippen molar-refractivity contribution in [3.05, 3.63) is 0 Å². The highest BCUT2D eigenvalue weighted by atomic mass is 16.5. The summed E-state index contributed by atoms with van der Waals surface area (Å²) in [5.74, 6) is 0.260. The van der Waals surface area contributed by atoms with Gasteiger partial charge in [0.1, 0.15) is 0 Å². The maximum Gasteiger partial charge on any atom is 0.236 e. The highest BCUT2D eigenvalue weighted by molar-refractivity contribution is 5.78. The minimum atomic E-state index is 0.260. The molecule has 2 rings (SSSR count). The summed E-state index contributed by atoms with van der Waals surface area (Å²) in [6.45, 7) is 8.31. The average molecular weight is 254 g/mol. The molecule has 0 aromatic carbocycles. The zero-order chi connectivity index (χ0) is 13.0. The van der Waals surface area contributed by atoms with Crippen molar-refractivity contribution in [3.63, 3.8) is 0 Å².